The van der Waals surface area contributed by atoms with E-state index < -0.39 is 11.9 Å². The van der Waals surface area contributed by atoms with E-state index in [0.717, 1.165) is 0 Å². The van der Waals surface area contributed by atoms with Crippen LogP contribution in [0.1, 0.15) is 30.6 Å². The van der Waals surface area contributed by atoms with Crippen molar-refractivity contribution < 1.29 is 29.0 Å². The normalized spacial score (nSPS) is 10.3. The number of carbonyl (C=O) groups excluding carboxylic acids is 2. The summed E-state index contributed by atoms with van der Waals surface area (Å²) in [5.74, 6) is -0.627. The number of hydrogen-bond acceptors (Lipinski definition) is 5. The van der Waals surface area contributed by atoms with Gasteiger partial charge in [-0.3, -0.25) is 14.4 Å². The van der Waals surface area contributed by atoms with E-state index in [2.05, 4.69) is 5.32 Å². The van der Waals surface area contributed by atoms with Crippen LogP contribution in [0.2, 0.25) is 0 Å². The molecule has 2 amide bonds. The maximum Gasteiger partial charge on any atom is 0.305 e. The van der Waals surface area contributed by atoms with Crippen LogP contribution in [0.15, 0.2) is 18.2 Å². The van der Waals surface area contributed by atoms with Gasteiger partial charge in [0.25, 0.3) is 5.91 Å². The summed E-state index contributed by atoms with van der Waals surface area (Å²) in [6, 6.07) is 4.69. The highest BCUT2D eigenvalue weighted by Gasteiger charge is 2.18. The van der Waals surface area contributed by atoms with Crippen LogP contribution in [0.5, 0.6) is 11.5 Å². The molecule has 0 bridgehead atoms. The van der Waals surface area contributed by atoms with Crippen LogP contribution in [-0.4, -0.2) is 61.6 Å². The molecule has 8 heteroatoms. The number of aliphatic carboxylic acids is 1. The smallest absolute Gasteiger partial charge is 0.305 e. The maximum atomic E-state index is 12.3. The minimum absolute atomic E-state index is 0.110. The number of carboxylic acid groups (broad SMARTS) is 1. The fourth-order valence-electron chi connectivity index (χ4n) is 2.34. The van der Waals surface area contributed by atoms with Crippen molar-refractivity contribution >= 4 is 17.8 Å². The Balaban J connectivity index is 2.71. The molecule has 0 aliphatic carbocycles. The van der Waals surface area contributed by atoms with E-state index in [1.54, 1.807) is 12.1 Å². The first-order valence-electron chi connectivity index (χ1n) is 8.28. The van der Waals surface area contributed by atoms with E-state index in [4.69, 9.17) is 14.6 Å². The number of benzene rings is 1. The largest absolute Gasteiger partial charge is 0.493 e. The zero-order valence-electron chi connectivity index (χ0n) is 15.6. The number of amides is 2. The molecule has 0 fully saturated rings. The Morgan fingerprint density at radius 2 is 1.81 bits per heavy atom. The lowest BCUT2D eigenvalue weighted by Crippen LogP contribution is -2.42. The average Bonchev–Trinajstić information content (AvgIpc) is 2.61. The van der Waals surface area contributed by atoms with Crippen molar-refractivity contribution in [3.8, 4) is 11.5 Å². The lowest BCUT2D eigenvalue weighted by Gasteiger charge is -2.24. The molecule has 1 rings (SSSR count). The van der Waals surface area contributed by atoms with Crippen molar-refractivity contribution in [1.82, 2.24) is 10.2 Å². The Morgan fingerprint density at radius 1 is 1.15 bits per heavy atom. The topological polar surface area (TPSA) is 105 Å². The van der Waals surface area contributed by atoms with Gasteiger partial charge in [-0.2, -0.15) is 0 Å². The number of ether oxygens (including phenoxy) is 2. The van der Waals surface area contributed by atoms with Crippen molar-refractivity contribution in [1.29, 1.82) is 0 Å². The number of nitrogens with zero attached hydrogens (tertiary/aromatic N) is 1. The molecule has 0 spiro atoms. The third-order valence-corrected chi connectivity index (χ3v) is 3.58. The summed E-state index contributed by atoms with van der Waals surface area (Å²) in [4.78, 5) is 36.8. The van der Waals surface area contributed by atoms with E-state index in [1.807, 2.05) is 13.8 Å². The van der Waals surface area contributed by atoms with Crippen LogP contribution in [0.3, 0.4) is 0 Å². The van der Waals surface area contributed by atoms with E-state index in [1.165, 1.54) is 25.2 Å². The Bertz CT molecular complexity index is 645. The number of carbonyl (C=O) groups is 3. The molecule has 0 unspecified atom stereocenters. The third-order valence-electron chi connectivity index (χ3n) is 3.58. The molecule has 8 nitrogen and oxygen atoms in total. The summed E-state index contributed by atoms with van der Waals surface area (Å²) in [6.07, 6.45) is -0.137. The van der Waals surface area contributed by atoms with Gasteiger partial charge in [-0.15, -0.1) is 0 Å². The van der Waals surface area contributed by atoms with E-state index in [9.17, 15) is 14.4 Å². The second-order valence-corrected chi connectivity index (χ2v) is 6.13. The zero-order valence-corrected chi connectivity index (χ0v) is 15.6. The first-order chi connectivity index (χ1) is 12.3. The number of rotatable bonds is 10. The van der Waals surface area contributed by atoms with Gasteiger partial charge in [0.1, 0.15) is 0 Å². The van der Waals surface area contributed by atoms with E-state index >= 15 is 0 Å². The van der Waals surface area contributed by atoms with Crippen LogP contribution >= 0.6 is 0 Å². The molecule has 26 heavy (non-hydrogen) atoms. The van der Waals surface area contributed by atoms with Gasteiger partial charge in [0.2, 0.25) is 5.91 Å². The van der Waals surface area contributed by atoms with Crippen LogP contribution in [0, 0.1) is 5.92 Å². The molecule has 0 aliphatic rings. The SMILES string of the molecule is COc1ccc(C(=O)NCC(=O)N(CCC(=O)O)CC(C)C)cc1OC. The van der Waals surface area contributed by atoms with Crippen LogP contribution < -0.4 is 14.8 Å². The molecular weight excluding hydrogens is 340 g/mol. The summed E-state index contributed by atoms with van der Waals surface area (Å²) in [6.45, 7) is 4.20. The van der Waals surface area contributed by atoms with Gasteiger partial charge in [-0.05, 0) is 24.1 Å². The predicted molar refractivity (Wildman–Crippen MR) is 95.6 cm³/mol. The van der Waals surface area contributed by atoms with Crippen molar-refractivity contribution in [3.05, 3.63) is 23.8 Å². The second kappa shape index (κ2) is 10.3. The van der Waals surface area contributed by atoms with E-state index in [-0.39, 0.29) is 31.3 Å². The van der Waals surface area contributed by atoms with Gasteiger partial charge in [0.05, 0.1) is 27.2 Å². The molecule has 0 atom stereocenters. The predicted octanol–water partition coefficient (Wildman–Crippen LogP) is 1.39. The van der Waals surface area contributed by atoms with Gasteiger partial charge in [0, 0.05) is 18.7 Å². The van der Waals surface area contributed by atoms with Crippen LogP contribution in [0.25, 0.3) is 0 Å². The van der Waals surface area contributed by atoms with Crippen LogP contribution in [-0.2, 0) is 9.59 Å². The molecule has 0 heterocycles. The number of methoxy groups -OCH3 is 2. The standard InChI is InChI=1S/C18H26N2O6/c1-12(2)11-20(8-7-17(22)23)16(21)10-19-18(24)13-5-6-14(25-3)15(9-13)26-4/h5-6,9,12H,7-8,10-11H2,1-4H3,(H,19,24)(H,22,23). The molecule has 0 aromatic heterocycles. The highest BCUT2D eigenvalue weighted by molar-refractivity contribution is 5.97. The minimum Gasteiger partial charge on any atom is -0.493 e. The molecule has 2 N–H and O–H groups in total. The number of hydrogen-bond donors (Lipinski definition) is 2. The highest BCUT2D eigenvalue weighted by atomic mass is 16.5. The van der Waals surface area contributed by atoms with E-state index in [0.29, 0.717) is 23.6 Å². The van der Waals surface area contributed by atoms with Gasteiger partial charge < -0.3 is 24.8 Å². The summed E-state index contributed by atoms with van der Waals surface area (Å²) < 4.78 is 10.3. The third kappa shape index (κ3) is 6.62. The molecule has 1 aromatic rings. The first kappa shape index (κ1) is 21.3. The molecule has 0 saturated carbocycles. The fraction of sp³-hybridized carbons (Fsp3) is 0.500. The summed E-state index contributed by atoms with van der Waals surface area (Å²) in [7, 11) is 2.96. The lowest BCUT2D eigenvalue weighted by atomic mass is 10.2. The molecule has 0 aliphatic heterocycles. The Hall–Kier alpha value is -2.77. The number of carboxylic acids is 1. The average molecular weight is 366 g/mol. The van der Waals surface area contributed by atoms with Crippen LogP contribution in [0.4, 0.5) is 0 Å². The van der Waals surface area contributed by atoms with Gasteiger partial charge in [-0.1, -0.05) is 13.8 Å². The summed E-state index contributed by atoms with van der Waals surface area (Å²) >= 11 is 0. The monoisotopic (exact) mass is 366 g/mol. The Kier molecular flexibility index (Phi) is 8.41. The summed E-state index contributed by atoms with van der Waals surface area (Å²) in [5.41, 5.74) is 0.330. The molecule has 144 valence electrons. The van der Waals surface area contributed by atoms with Crippen molar-refractivity contribution in [2.75, 3.05) is 33.9 Å². The van der Waals surface area contributed by atoms with Gasteiger partial charge in [0.15, 0.2) is 11.5 Å². The second-order valence-electron chi connectivity index (χ2n) is 6.13. The van der Waals surface area contributed by atoms with Crippen molar-refractivity contribution in [2.24, 2.45) is 5.92 Å². The fourth-order valence-corrected chi connectivity index (χ4v) is 2.34. The van der Waals surface area contributed by atoms with Gasteiger partial charge in [-0.25, -0.2) is 0 Å². The zero-order chi connectivity index (χ0) is 19.7. The minimum atomic E-state index is -0.971. The molecule has 1 aromatic carbocycles. The lowest BCUT2D eigenvalue weighted by molar-refractivity contribution is -0.138. The van der Waals surface area contributed by atoms with Gasteiger partial charge >= 0.3 is 5.97 Å². The van der Waals surface area contributed by atoms with Crippen molar-refractivity contribution in [2.45, 2.75) is 20.3 Å². The molecular formula is C18H26N2O6. The maximum absolute atomic E-state index is 12.3. The van der Waals surface area contributed by atoms with Crippen molar-refractivity contribution in [3.63, 3.8) is 0 Å². The Morgan fingerprint density at radius 3 is 2.35 bits per heavy atom. The molecule has 0 radical (unpaired) electrons. The Labute approximate surface area is 153 Å². The quantitative estimate of drug-likeness (QED) is 0.648. The molecule has 0 saturated heterocycles. The first-order valence-corrected chi connectivity index (χ1v) is 8.28. The summed E-state index contributed by atoms with van der Waals surface area (Å²) in [5, 5.41) is 11.4. The highest BCUT2D eigenvalue weighted by Crippen LogP contribution is 2.27. The number of nitrogens with one attached hydrogen (secondary N) is 1.